The molecule has 0 fully saturated rings. The van der Waals surface area contributed by atoms with E-state index in [4.69, 9.17) is 4.74 Å². The predicted octanol–water partition coefficient (Wildman–Crippen LogP) is 2.19. The van der Waals surface area contributed by atoms with Crippen LogP contribution >= 0.6 is 12.6 Å². The molecule has 0 spiro atoms. The number of carbonyl (C=O) groups is 1. The SMILES string of the molecule is COc1cc(C(C)=O)ccc1S. The van der Waals surface area contributed by atoms with Gasteiger partial charge >= 0.3 is 0 Å². The number of methoxy groups -OCH3 is 1. The minimum absolute atomic E-state index is 0.0293. The van der Waals surface area contributed by atoms with Crippen molar-refractivity contribution >= 4 is 18.4 Å². The van der Waals surface area contributed by atoms with Crippen molar-refractivity contribution in [3.8, 4) is 5.75 Å². The molecule has 0 saturated carbocycles. The maximum Gasteiger partial charge on any atom is 0.159 e. The zero-order valence-electron chi connectivity index (χ0n) is 7.00. The molecule has 0 heterocycles. The summed E-state index contributed by atoms with van der Waals surface area (Å²) in [4.78, 5) is 11.7. The Labute approximate surface area is 77.0 Å². The van der Waals surface area contributed by atoms with Gasteiger partial charge in [-0.3, -0.25) is 4.79 Å². The lowest BCUT2D eigenvalue weighted by molar-refractivity contribution is 0.101. The fourth-order valence-corrected chi connectivity index (χ4v) is 1.13. The summed E-state index contributed by atoms with van der Waals surface area (Å²) in [6.07, 6.45) is 0. The number of hydrogen-bond donors (Lipinski definition) is 1. The van der Waals surface area contributed by atoms with E-state index in [2.05, 4.69) is 12.6 Å². The van der Waals surface area contributed by atoms with Crippen molar-refractivity contribution in [2.24, 2.45) is 0 Å². The van der Waals surface area contributed by atoms with Crippen LogP contribution in [0, 0.1) is 0 Å². The Hall–Kier alpha value is -0.960. The van der Waals surface area contributed by atoms with Crippen LogP contribution in [0.25, 0.3) is 0 Å². The van der Waals surface area contributed by atoms with Gasteiger partial charge in [0.15, 0.2) is 5.78 Å². The molecule has 0 aliphatic carbocycles. The van der Waals surface area contributed by atoms with E-state index in [1.54, 1.807) is 25.3 Å². The molecule has 12 heavy (non-hydrogen) atoms. The predicted molar refractivity (Wildman–Crippen MR) is 50.3 cm³/mol. The summed E-state index contributed by atoms with van der Waals surface area (Å²) in [6, 6.07) is 5.16. The summed E-state index contributed by atoms with van der Waals surface area (Å²) in [5, 5.41) is 0. The number of thiol groups is 1. The molecule has 0 bridgehead atoms. The van der Waals surface area contributed by atoms with Crippen LogP contribution < -0.4 is 4.74 Å². The average Bonchev–Trinajstić information content (AvgIpc) is 2.05. The van der Waals surface area contributed by atoms with Crippen molar-refractivity contribution in [1.82, 2.24) is 0 Å². The minimum Gasteiger partial charge on any atom is -0.496 e. The molecule has 0 N–H and O–H groups in total. The van der Waals surface area contributed by atoms with Crippen LogP contribution in [-0.2, 0) is 0 Å². The molecule has 0 aromatic heterocycles. The molecular formula is C9H10O2S. The molecule has 0 unspecified atom stereocenters. The number of ether oxygens (including phenoxy) is 1. The highest BCUT2D eigenvalue weighted by Crippen LogP contribution is 2.23. The summed E-state index contributed by atoms with van der Waals surface area (Å²) >= 11 is 4.16. The fraction of sp³-hybridized carbons (Fsp3) is 0.222. The first-order valence-electron chi connectivity index (χ1n) is 3.53. The molecular weight excluding hydrogens is 172 g/mol. The highest BCUT2D eigenvalue weighted by molar-refractivity contribution is 7.80. The van der Waals surface area contributed by atoms with Crippen molar-refractivity contribution < 1.29 is 9.53 Å². The van der Waals surface area contributed by atoms with Gasteiger partial charge < -0.3 is 4.74 Å². The quantitative estimate of drug-likeness (QED) is 0.560. The lowest BCUT2D eigenvalue weighted by atomic mass is 10.1. The third kappa shape index (κ3) is 1.80. The van der Waals surface area contributed by atoms with Gasteiger partial charge in [-0.1, -0.05) is 6.07 Å². The third-order valence-electron chi connectivity index (χ3n) is 1.59. The second kappa shape index (κ2) is 3.63. The molecule has 0 aliphatic rings. The number of hydrogen-bond acceptors (Lipinski definition) is 3. The van der Waals surface area contributed by atoms with Gasteiger partial charge in [0.2, 0.25) is 0 Å². The van der Waals surface area contributed by atoms with E-state index in [1.807, 2.05) is 0 Å². The van der Waals surface area contributed by atoms with Crippen LogP contribution in [0.3, 0.4) is 0 Å². The number of carbonyl (C=O) groups excluding carboxylic acids is 1. The maximum absolute atomic E-state index is 10.9. The fourth-order valence-electron chi connectivity index (χ4n) is 0.897. The van der Waals surface area contributed by atoms with E-state index in [9.17, 15) is 4.79 Å². The Balaban J connectivity index is 3.13. The molecule has 0 aliphatic heterocycles. The number of rotatable bonds is 2. The van der Waals surface area contributed by atoms with E-state index in [0.717, 1.165) is 4.90 Å². The van der Waals surface area contributed by atoms with Crippen LogP contribution in [0.4, 0.5) is 0 Å². The summed E-state index contributed by atoms with van der Waals surface area (Å²) in [7, 11) is 1.55. The van der Waals surface area contributed by atoms with E-state index >= 15 is 0 Å². The van der Waals surface area contributed by atoms with Crippen molar-refractivity contribution in [1.29, 1.82) is 0 Å². The third-order valence-corrected chi connectivity index (χ3v) is 1.96. The summed E-state index contributed by atoms with van der Waals surface area (Å²) in [5.74, 6) is 0.660. The Kier molecular flexibility index (Phi) is 2.76. The van der Waals surface area contributed by atoms with Gasteiger partial charge in [-0.25, -0.2) is 0 Å². The summed E-state index contributed by atoms with van der Waals surface area (Å²) < 4.78 is 5.01. The molecule has 64 valence electrons. The Bertz CT molecular complexity index is 307. The van der Waals surface area contributed by atoms with Crippen molar-refractivity contribution in [3.05, 3.63) is 23.8 Å². The lowest BCUT2D eigenvalue weighted by Gasteiger charge is -2.04. The number of Topliss-reactive ketones (excluding diaryl/α,β-unsaturated/α-hetero) is 1. The Morgan fingerprint density at radius 2 is 2.17 bits per heavy atom. The molecule has 1 rings (SSSR count). The topological polar surface area (TPSA) is 26.3 Å². The van der Waals surface area contributed by atoms with Crippen LogP contribution in [0.15, 0.2) is 23.1 Å². The number of benzene rings is 1. The zero-order chi connectivity index (χ0) is 9.14. The maximum atomic E-state index is 10.9. The molecule has 0 amide bonds. The van der Waals surface area contributed by atoms with Crippen molar-refractivity contribution in [2.75, 3.05) is 7.11 Å². The molecule has 1 aromatic carbocycles. The standard InChI is InChI=1S/C9H10O2S/c1-6(10)7-3-4-9(12)8(5-7)11-2/h3-5,12H,1-2H3. The van der Waals surface area contributed by atoms with Crippen LogP contribution in [0.5, 0.6) is 5.75 Å². The molecule has 0 saturated heterocycles. The van der Waals surface area contributed by atoms with Gasteiger partial charge in [0.25, 0.3) is 0 Å². The second-order valence-corrected chi connectivity index (χ2v) is 2.92. The second-order valence-electron chi connectivity index (χ2n) is 2.44. The summed E-state index contributed by atoms with van der Waals surface area (Å²) in [6.45, 7) is 1.52. The normalized spacial score (nSPS) is 9.58. The average molecular weight is 182 g/mol. The lowest BCUT2D eigenvalue weighted by Crippen LogP contribution is -1.93. The van der Waals surface area contributed by atoms with Crippen LogP contribution in [-0.4, -0.2) is 12.9 Å². The molecule has 3 heteroatoms. The van der Waals surface area contributed by atoms with Gasteiger partial charge in [0, 0.05) is 10.5 Å². The van der Waals surface area contributed by atoms with Gasteiger partial charge in [0.1, 0.15) is 5.75 Å². The van der Waals surface area contributed by atoms with Gasteiger partial charge in [-0.05, 0) is 19.1 Å². The monoisotopic (exact) mass is 182 g/mol. The van der Waals surface area contributed by atoms with Gasteiger partial charge in [-0.15, -0.1) is 12.6 Å². The van der Waals surface area contributed by atoms with Crippen molar-refractivity contribution in [3.63, 3.8) is 0 Å². The van der Waals surface area contributed by atoms with Gasteiger partial charge in [-0.2, -0.15) is 0 Å². The Morgan fingerprint density at radius 3 is 2.67 bits per heavy atom. The largest absolute Gasteiger partial charge is 0.496 e. The van der Waals surface area contributed by atoms with E-state index in [-0.39, 0.29) is 5.78 Å². The highest BCUT2D eigenvalue weighted by Gasteiger charge is 2.03. The summed E-state index contributed by atoms with van der Waals surface area (Å²) in [5.41, 5.74) is 0.643. The van der Waals surface area contributed by atoms with E-state index in [0.29, 0.717) is 11.3 Å². The first kappa shape index (κ1) is 9.13. The van der Waals surface area contributed by atoms with Gasteiger partial charge in [0.05, 0.1) is 7.11 Å². The highest BCUT2D eigenvalue weighted by atomic mass is 32.1. The molecule has 0 radical (unpaired) electrons. The van der Waals surface area contributed by atoms with E-state index < -0.39 is 0 Å². The smallest absolute Gasteiger partial charge is 0.159 e. The molecule has 2 nitrogen and oxygen atoms in total. The minimum atomic E-state index is 0.0293. The first-order valence-corrected chi connectivity index (χ1v) is 3.98. The van der Waals surface area contributed by atoms with Crippen LogP contribution in [0.1, 0.15) is 17.3 Å². The number of ketones is 1. The molecule has 0 atom stereocenters. The van der Waals surface area contributed by atoms with Crippen molar-refractivity contribution in [2.45, 2.75) is 11.8 Å². The Morgan fingerprint density at radius 1 is 1.50 bits per heavy atom. The molecule has 1 aromatic rings. The zero-order valence-corrected chi connectivity index (χ0v) is 7.89. The first-order chi connectivity index (χ1) is 5.65. The van der Waals surface area contributed by atoms with E-state index in [1.165, 1.54) is 6.92 Å². The van der Waals surface area contributed by atoms with Crippen LogP contribution in [0.2, 0.25) is 0 Å².